The highest BCUT2D eigenvalue weighted by Crippen LogP contribution is 2.22. The van der Waals surface area contributed by atoms with Gasteiger partial charge < -0.3 is 20.4 Å². The molecule has 0 aliphatic carbocycles. The van der Waals surface area contributed by atoms with E-state index in [4.69, 9.17) is 4.74 Å². The molecule has 6 nitrogen and oxygen atoms in total. The Kier molecular flexibility index (Phi) is 4.93. The molecule has 2 rings (SSSR count). The number of anilines is 1. The predicted octanol–water partition coefficient (Wildman–Crippen LogP) is 3.41. The fraction of sp³-hybridized carbons (Fsp3) is 0.412. The second-order valence-corrected chi connectivity index (χ2v) is 6.54. The molecule has 124 valence electrons. The van der Waals surface area contributed by atoms with E-state index in [1.54, 1.807) is 27.7 Å². The van der Waals surface area contributed by atoms with Gasteiger partial charge in [0.25, 0.3) is 0 Å². The lowest BCUT2D eigenvalue weighted by Crippen LogP contribution is -2.39. The van der Waals surface area contributed by atoms with Crippen LogP contribution in [0.2, 0.25) is 0 Å². The summed E-state index contributed by atoms with van der Waals surface area (Å²) >= 11 is 0. The highest BCUT2D eigenvalue weighted by Gasteiger charge is 2.19. The molecule has 0 aliphatic rings. The van der Waals surface area contributed by atoms with E-state index in [0.717, 1.165) is 16.6 Å². The number of rotatable bonds is 4. The minimum absolute atomic E-state index is 0.165. The van der Waals surface area contributed by atoms with E-state index in [2.05, 4.69) is 15.6 Å². The molecule has 0 unspecified atom stereocenters. The van der Waals surface area contributed by atoms with Crippen LogP contribution in [0.5, 0.6) is 0 Å². The number of hydrogen-bond acceptors (Lipinski definition) is 3. The number of aromatic amines is 1. The van der Waals surface area contributed by atoms with Gasteiger partial charge in [0.2, 0.25) is 5.91 Å². The highest BCUT2D eigenvalue weighted by atomic mass is 16.6. The molecule has 6 heteroatoms. The number of H-pyrrole nitrogens is 1. The van der Waals surface area contributed by atoms with Gasteiger partial charge in [-0.2, -0.15) is 0 Å². The van der Waals surface area contributed by atoms with Crippen molar-refractivity contribution in [3.63, 3.8) is 0 Å². The molecule has 1 aromatic carbocycles. The molecule has 1 heterocycles. The van der Waals surface area contributed by atoms with Gasteiger partial charge in [-0.05, 0) is 45.9 Å². The highest BCUT2D eigenvalue weighted by molar-refractivity contribution is 6.01. The third-order valence-corrected chi connectivity index (χ3v) is 3.12. The SMILES string of the molecule is C[C@H](CC(=O)Nc1cccc2[nH]ccc12)NC(=O)OC(C)(C)C. The summed E-state index contributed by atoms with van der Waals surface area (Å²) in [5.41, 5.74) is 1.15. The van der Waals surface area contributed by atoms with Gasteiger partial charge in [-0.25, -0.2) is 4.79 Å². The summed E-state index contributed by atoms with van der Waals surface area (Å²) in [6, 6.07) is 7.25. The van der Waals surface area contributed by atoms with Crippen LogP contribution in [0.15, 0.2) is 30.5 Å². The molecule has 1 aromatic heterocycles. The maximum absolute atomic E-state index is 12.1. The molecule has 2 aromatic rings. The Bertz CT molecular complexity index is 700. The number of carbonyl (C=O) groups is 2. The predicted molar refractivity (Wildman–Crippen MR) is 90.4 cm³/mol. The average Bonchev–Trinajstić information content (AvgIpc) is 2.84. The van der Waals surface area contributed by atoms with E-state index < -0.39 is 11.7 Å². The molecule has 0 saturated heterocycles. The summed E-state index contributed by atoms with van der Waals surface area (Å²) in [7, 11) is 0. The van der Waals surface area contributed by atoms with Crippen molar-refractivity contribution in [1.82, 2.24) is 10.3 Å². The summed E-state index contributed by atoms with van der Waals surface area (Å²) in [6.45, 7) is 7.14. The quantitative estimate of drug-likeness (QED) is 0.808. The van der Waals surface area contributed by atoms with E-state index >= 15 is 0 Å². The van der Waals surface area contributed by atoms with Crippen LogP contribution in [0.25, 0.3) is 10.9 Å². The van der Waals surface area contributed by atoms with Crippen LogP contribution < -0.4 is 10.6 Å². The Morgan fingerprint density at radius 3 is 2.70 bits per heavy atom. The van der Waals surface area contributed by atoms with Crippen LogP contribution >= 0.6 is 0 Å². The average molecular weight is 317 g/mol. The molecule has 0 saturated carbocycles. The molecule has 2 amide bonds. The first-order valence-corrected chi connectivity index (χ1v) is 7.60. The van der Waals surface area contributed by atoms with Gasteiger partial charge >= 0.3 is 6.09 Å². The van der Waals surface area contributed by atoms with Crippen molar-refractivity contribution in [1.29, 1.82) is 0 Å². The van der Waals surface area contributed by atoms with Gasteiger partial charge in [-0.15, -0.1) is 0 Å². The van der Waals surface area contributed by atoms with E-state index in [1.807, 2.05) is 30.5 Å². The van der Waals surface area contributed by atoms with E-state index in [9.17, 15) is 9.59 Å². The van der Waals surface area contributed by atoms with Crippen LogP contribution in [0.4, 0.5) is 10.5 Å². The van der Waals surface area contributed by atoms with Gasteiger partial charge in [0.05, 0.1) is 5.69 Å². The Balaban J connectivity index is 1.89. The number of aromatic nitrogens is 1. The molecule has 23 heavy (non-hydrogen) atoms. The molecule has 1 atom stereocenters. The van der Waals surface area contributed by atoms with Gasteiger partial charge in [-0.1, -0.05) is 6.07 Å². The summed E-state index contributed by atoms with van der Waals surface area (Å²) in [5, 5.41) is 6.48. The fourth-order valence-electron chi connectivity index (χ4n) is 2.23. The Labute approximate surface area is 135 Å². The van der Waals surface area contributed by atoms with Crippen LogP contribution in [-0.4, -0.2) is 28.6 Å². The zero-order chi connectivity index (χ0) is 17.0. The lowest BCUT2D eigenvalue weighted by atomic mass is 10.2. The molecule has 0 aliphatic heterocycles. The smallest absolute Gasteiger partial charge is 0.407 e. The number of alkyl carbamates (subject to hydrolysis) is 1. The van der Waals surface area contributed by atoms with E-state index in [1.165, 1.54) is 0 Å². The van der Waals surface area contributed by atoms with E-state index in [-0.39, 0.29) is 18.4 Å². The third kappa shape index (κ3) is 5.02. The van der Waals surface area contributed by atoms with Gasteiger partial charge in [0, 0.05) is 29.6 Å². The first-order chi connectivity index (χ1) is 10.7. The topological polar surface area (TPSA) is 83.2 Å². The molecular formula is C17H23N3O3. The van der Waals surface area contributed by atoms with Crippen molar-refractivity contribution in [3.8, 4) is 0 Å². The number of benzene rings is 1. The Hall–Kier alpha value is -2.50. The summed E-state index contributed by atoms with van der Waals surface area (Å²) in [4.78, 5) is 26.9. The maximum atomic E-state index is 12.1. The molecule has 0 fully saturated rings. The van der Waals surface area contributed by atoms with Gasteiger partial charge in [0.15, 0.2) is 0 Å². The zero-order valence-electron chi connectivity index (χ0n) is 13.9. The lowest BCUT2D eigenvalue weighted by Gasteiger charge is -2.21. The van der Waals surface area contributed by atoms with Crippen LogP contribution in [0.3, 0.4) is 0 Å². The lowest BCUT2D eigenvalue weighted by molar-refractivity contribution is -0.116. The fourth-order valence-corrected chi connectivity index (χ4v) is 2.23. The first kappa shape index (κ1) is 16.9. The van der Waals surface area contributed by atoms with Crippen LogP contribution in [0, 0.1) is 0 Å². The standard InChI is InChI=1S/C17H23N3O3/c1-11(19-16(22)23-17(2,3)4)10-15(21)20-14-7-5-6-13-12(14)8-9-18-13/h5-9,11,18H,10H2,1-4H3,(H,19,22)(H,20,21)/t11-/m1/s1. The van der Waals surface area contributed by atoms with Gasteiger partial charge in [0.1, 0.15) is 5.60 Å². The van der Waals surface area contributed by atoms with Gasteiger partial charge in [-0.3, -0.25) is 4.79 Å². The zero-order valence-corrected chi connectivity index (χ0v) is 13.9. The summed E-state index contributed by atoms with van der Waals surface area (Å²) in [5.74, 6) is -0.165. The molecule has 3 N–H and O–H groups in total. The summed E-state index contributed by atoms with van der Waals surface area (Å²) < 4.78 is 5.17. The number of fused-ring (bicyclic) bond motifs is 1. The van der Waals surface area contributed by atoms with Crippen molar-refractivity contribution in [2.24, 2.45) is 0 Å². The minimum Gasteiger partial charge on any atom is -0.444 e. The van der Waals surface area contributed by atoms with E-state index in [0.29, 0.717) is 0 Å². The second kappa shape index (κ2) is 6.73. The Morgan fingerprint density at radius 2 is 2.00 bits per heavy atom. The first-order valence-electron chi connectivity index (χ1n) is 7.60. The minimum atomic E-state index is -0.560. The van der Waals surface area contributed by atoms with Crippen molar-refractivity contribution in [2.45, 2.75) is 45.8 Å². The maximum Gasteiger partial charge on any atom is 0.407 e. The van der Waals surface area contributed by atoms with Crippen molar-refractivity contribution >= 4 is 28.6 Å². The van der Waals surface area contributed by atoms with Crippen LogP contribution in [-0.2, 0) is 9.53 Å². The molecular weight excluding hydrogens is 294 g/mol. The number of ether oxygens (including phenoxy) is 1. The Morgan fingerprint density at radius 1 is 1.26 bits per heavy atom. The number of hydrogen-bond donors (Lipinski definition) is 3. The van der Waals surface area contributed by atoms with Crippen molar-refractivity contribution in [3.05, 3.63) is 30.5 Å². The summed E-state index contributed by atoms with van der Waals surface area (Å²) in [6.07, 6.45) is 1.47. The number of nitrogens with one attached hydrogen (secondary N) is 3. The molecule has 0 spiro atoms. The molecule has 0 bridgehead atoms. The van der Waals surface area contributed by atoms with Crippen molar-refractivity contribution < 1.29 is 14.3 Å². The number of amides is 2. The second-order valence-electron chi connectivity index (χ2n) is 6.54. The largest absolute Gasteiger partial charge is 0.444 e. The third-order valence-electron chi connectivity index (χ3n) is 3.12. The molecule has 0 radical (unpaired) electrons. The monoisotopic (exact) mass is 317 g/mol. The van der Waals surface area contributed by atoms with Crippen molar-refractivity contribution in [2.75, 3.05) is 5.32 Å². The normalized spacial score (nSPS) is 12.7. The van der Waals surface area contributed by atoms with Crippen LogP contribution in [0.1, 0.15) is 34.1 Å². The number of carbonyl (C=O) groups excluding carboxylic acids is 2.